The molecule has 0 saturated carbocycles. The first-order chi connectivity index (χ1) is 10.6. The molecule has 0 aliphatic rings. The lowest BCUT2D eigenvalue weighted by Crippen LogP contribution is -2.21. The monoisotopic (exact) mass is 317 g/mol. The van der Waals surface area contributed by atoms with Crippen molar-refractivity contribution in [1.29, 1.82) is 0 Å². The number of hydrogen-bond donors (Lipinski definition) is 0. The predicted octanol–water partition coefficient (Wildman–Crippen LogP) is 4.06. The normalized spacial score (nSPS) is 10.4. The zero-order valence-electron chi connectivity index (χ0n) is 15.2. The molecule has 0 N–H and O–H groups in total. The molecule has 0 aromatic rings. The molecule has 0 bridgehead atoms. The van der Waals surface area contributed by atoms with Gasteiger partial charge in [0.05, 0.1) is 0 Å². The topological polar surface area (TPSA) is 58.6 Å². The highest BCUT2D eigenvalue weighted by Gasteiger charge is 1.93. The van der Waals surface area contributed by atoms with Crippen LogP contribution in [-0.2, 0) is 14.3 Å². The molecule has 0 atom stereocenters. The van der Waals surface area contributed by atoms with Gasteiger partial charge >= 0.3 is 0 Å². The minimum absolute atomic E-state index is 0.0648. The van der Waals surface area contributed by atoms with Crippen LogP contribution in [-0.4, -0.2) is 26.5 Å². The molecule has 4 nitrogen and oxygen atoms in total. The second-order valence-corrected chi connectivity index (χ2v) is 5.70. The summed E-state index contributed by atoms with van der Waals surface area (Å²) in [5.41, 5.74) is 0. The molecule has 0 radical (unpaired) electrons. The van der Waals surface area contributed by atoms with Gasteiger partial charge in [0.1, 0.15) is 0 Å². The smallest absolute Gasteiger partial charge is 0.154 e. The fourth-order valence-corrected chi connectivity index (χ4v) is 2.03. The number of aliphatic carboxylic acids is 1. The van der Waals surface area contributed by atoms with E-state index in [1.165, 1.54) is 57.8 Å². The summed E-state index contributed by atoms with van der Waals surface area (Å²) >= 11 is 0. The van der Waals surface area contributed by atoms with E-state index in [-0.39, 0.29) is 12.7 Å². The summed E-state index contributed by atoms with van der Waals surface area (Å²) in [6.45, 7) is 4.08. The van der Waals surface area contributed by atoms with Crippen LogP contribution in [0.15, 0.2) is 0 Å². The van der Waals surface area contributed by atoms with E-state index in [2.05, 4.69) is 16.4 Å². The lowest BCUT2D eigenvalue weighted by Gasteiger charge is -2.03. The summed E-state index contributed by atoms with van der Waals surface area (Å²) < 4.78 is 9.35. The molecule has 134 valence electrons. The number of methoxy groups -OCH3 is 2. The highest BCUT2D eigenvalue weighted by Crippen LogP contribution is 2.11. The highest BCUT2D eigenvalue weighted by molar-refractivity contribution is 5.63. The molecular weight excluding hydrogens is 280 g/mol. The first kappa shape index (κ1) is 23.7. The average Bonchev–Trinajstić information content (AvgIpc) is 2.52. The van der Waals surface area contributed by atoms with Gasteiger partial charge in [-0.05, 0) is 19.8 Å². The third kappa shape index (κ3) is 24.4. The van der Waals surface area contributed by atoms with Crippen LogP contribution in [0.1, 0.15) is 90.9 Å². The van der Waals surface area contributed by atoms with Crippen molar-refractivity contribution in [1.82, 2.24) is 0 Å². The van der Waals surface area contributed by atoms with Gasteiger partial charge < -0.3 is 19.4 Å². The van der Waals surface area contributed by atoms with Crippen molar-refractivity contribution in [2.45, 2.75) is 97.2 Å². The number of carbonyl (C=O) groups excluding carboxylic acids is 1. The molecule has 0 amide bonds. The maximum Gasteiger partial charge on any atom is 0.154 e. The van der Waals surface area contributed by atoms with E-state index in [4.69, 9.17) is 0 Å². The first-order valence-corrected chi connectivity index (χ1v) is 8.83. The van der Waals surface area contributed by atoms with E-state index in [9.17, 15) is 9.90 Å². The Kier molecular flexibility index (Phi) is 21.9. The summed E-state index contributed by atoms with van der Waals surface area (Å²) in [5, 5.41) is 10.1. The fourth-order valence-electron chi connectivity index (χ4n) is 2.03. The first-order valence-electron chi connectivity index (χ1n) is 8.83. The van der Waals surface area contributed by atoms with E-state index in [0.717, 1.165) is 12.8 Å². The van der Waals surface area contributed by atoms with Gasteiger partial charge in [0.25, 0.3) is 0 Å². The summed E-state index contributed by atoms with van der Waals surface area (Å²) in [4.78, 5) is 10.1. The molecule has 0 aromatic carbocycles. The number of carboxylic acids is 1. The van der Waals surface area contributed by atoms with Crippen LogP contribution in [0.4, 0.5) is 0 Å². The van der Waals surface area contributed by atoms with Gasteiger partial charge in [-0.15, -0.1) is 0 Å². The molecule has 0 fully saturated rings. The van der Waals surface area contributed by atoms with E-state index in [0.29, 0.717) is 0 Å². The number of hydrogen-bond acceptors (Lipinski definition) is 4. The zero-order valence-corrected chi connectivity index (χ0v) is 15.2. The molecule has 0 spiro atoms. The number of carbonyl (C=O) groups is 1. The fraction of sp³-hybridized carbons (Fsp3) is 0.944. The molecule has 0 aliphatic heterocycles. The number of unbranched alkanes of at least 4 members (excludes halogenated alkanes) is 10. The lowest BCUT2D eigenvalue weighted by atomic mass is 10.1. The average molecular weight is 317 g/mol. The quantitative estimate of drug-likeness (QED) is 0.358. The molecular formula is C18H37O4-. The van der Waals surface area contributed by atoms with Crippen molar-refractivity contribution in [3.63, 3.8) is 0 Å². The Bertz CT molecular complexity index is 215. The lowest BCUT2D eigenvalue weighted by molar-refractivity contribution is -0.305. The standard InChI is InChI=1S/C14H28O2.C4H10O2/c1-2-3-4-5-6-7-8-9-10-11-12-13-14(15)16;1-4(5-2)6-3/h2-13H2,1H3,(H,15,16);4H,1-3H3/p-1. The van der Waals surface area contributed by atoms with Gasteiger partial charge in [0, 0.05) is 20.2 Å². The van der Waals surface area contributed by atoms with Gasteiger partial charge in [-0.2, -0.15) is 0 Å². The van der Waals surface area contributed by atoms with Crippen molar-refractivity contribution < 1.29 is 19.4 Å². The van der Waals surface area contributed by atoms with Crippen LogP contribution < -0.4 is 5.11 Å². The van der Waals surface area contributed by atoms with Crippen LogP contribution in [0.5, 0.6) is 0 Å². The van der Waals surface area contributed by atoms with Crippen LogP contribution in [0.3, 0.4) is 0 Å². The van der Waals surface area contributed by atoms with Crippen LogP contribution in [0, 0.1) is 0 Å². The van der Waals surface area contributed by atoms with E-state index >= 15 is 0 Å². The van der Waals surface area contributed by atoms with Gasteiger partial charge in [0.2, 0.25) is 0 Å². The van der Waals surface area contributed by atoms with Crippen molar-refractivity contribution in [2.75, 3.05) is 14.2 Å². The molecule has 4 heteroatoms. The summed E-state index contributed by atoms with van der Waals surface area (Å²) in [6, 6.07) is 0. The van der Waals surface area contributed by atoms with Gasteiger partial charge in [-0.1, -0.05) is 71.1 Å². The zero-order chi connectivity index (χ0) is 17.1. The summed E-state index contributed by atoms with van der Waals surface area (Å²) in [5.74, 6) is -0.907. The highest BCUT2D eigenvalue weighted by atomic mass is 16.7. The Morgan fingerprint density at radius 2 is 1.18 bits per heavy atom. The Morgan fingerprint density at radius 3 is 1.45 bits per heavy atom. The van der Waals surface area contributed by atoms with Crippen LogP contribution in [0.25, 0.3) is 0 Å². The van der Waals surface area contributed by atoms with Gasteiger partial charge in [-0.3, -0.25) is 0 Å². The van der Waals surface area contributed by atoms with Gasteiger partial charge in [0.15, 0.2) is 6.29 Å². The Labute approximate surface area is 137 Å². The second-order valence-electron chi connectivity index (χ2n) is 5.70. The molecule has 0 aliphatic carbocycles. The van der Waals surface area contributed by atoms with E-state index in [1.54, 1.807) is 14.2 Å². The second kappa shape index (κ2) is 20.4. The maximum atomic E-state index is 10.1. The van der Waals surface area contributed by atoms with Crippen molar-refractivity contribution >= 4 is 5.97 Å². The molecule has 0 rings (SSSR count). The van der Waals surface area contributed by atoms with Crippen molar-refractivity contribution in [3.05, 3.63) is 0 Å². The SMILES string of the molecule is CCCCCCCCCCCCCC(=O)[O-].COC(C)OC. The minimum atomic E-state index is -0.907. The van der Waals surface area contributed by atoms with E-state index in [1.807, 2.05) is 6.92 Å². The van der Waals surface area contributed by atoms with Crippen molar-refractivity contribution in [3.8, 4) is 0 Å². The number of rotatable bonds is 14. The predicted molar refractivity (Wildman–Crippen MR) is 89.6 cm³/mol. The molecule has 22 heavy (non-hydrogen) atoms. The van der Waals surface area contributed by atoms with Gasteiger partial charge in [-0.25, -0.2) is 0 Å². The third-order valence-electron chi connectivity index (χ3n) is 3.65. The van der Waals surface area contributed by atoms with Crippen LogP contribution in [0.2, 0.25) is 0 Å². The van der Waals surface area contributed by atoms with Crippen LogP contribution >= 0.6 is 0 Å². The Balaban J connectivity index is 0. The number of carboxylic acid groups (broad SMARTS) is 1. The Hall–Kier alpha value is -0.610. The minimum Gasteiger partial charge on any atom is -0.550 e. The summed E-state index contributed by atoms with van der Waals surface area (Å²) in [6.07, 6.45) is 14.0. The van der Waals surface area contributed by atoms with E-state index < -0.39 is 5.97 Å². The molecule has 0 heterocycles. The third-order valence-corrected chi connectivity index (χ3v) is 3.65. The molecule has 0 saturated heterocycles. The Morgan fingerprint density at radius 1 is 0.818 bits per heavy atom. The molecule has 0 aromatic heterocycles. The largest absolute Gasteiger partial charge is 0.550 e. The summed E-state index contributed by atoms with van der Waals surface area (Å²) in [7, 11) is 3.21. The maximum absolute atomic E-state index is 10.1. The van der Waals surface area contributed by atoms with Crippen molar-refractivity contribution in [2.24, 2.45) is 0 Å². The molecule has 0 unspecified atom stereocenters. The number of ether oxygens (including phenoxy) is 2.